The highest BCUT2D eigenvalue weighted by Crippen LogP contribution is 2.38. The zero-order chi connectivity index (χ0) is 26.9. The quantitative estimate of drug-likeness (QED) is 0.339. The largest absolute Gasteiger partial charge is 0.481 e. The van der Waals surface area contributed by atoms with E-state index in [1.165, 1.54) is 5.56 Å². The predicted molar refractivity (Wildman–Crippen MR) is 143 cm³/mol. The van der Waals surface area contributed by atoms with Gasteiger partial charge >= 0.3 is 5.97 Å². The Morgan fingerprint density at radius 1 is 0.895 bits per heavy atom. The van der Waals surface area contributed by atoms with Crippen molar-refractivity contribution >= 4 is 17.6 Å². The Morgan fingerprint density at radius 2 is 1.58 bits per heavy atom. The lowest BCUT2D eigenvalue weighted by atomic mass is 9.99. The highest BCUT2D eigenvalue weighted by molar-refractivity contribution is 5.92. The van der Waals surface area contributed by atoms with Crippen molar-refractivity contribution in [3.05, 3.63) is 101 Å². The summed E-state index contributed by atoms with van der Waals surface area (Å²) in [5.74, 6) is -1.36. The molecule has 0 bridgehead atoms. The zero-order valence-electron chi connectivity index (χ0n) is 21.5. The van der Waals surface area contributed by atoms with Crippen LogP contribution in [0.4, 0.5) is 5.69 Å². The number of nitrogens with one attached hydrogen (secondary N) is 1. The second-order valence-corrected chi connectivity index (χ2v) is 9.60. The van der Waals surface area contributed by atoms with Gasteiger partial charge < -0.3 is 25.0 Å². The van der Waals surface area contributed by atoms with Crippen LogP contribution in [0.1, 0.15) is 53.9 Å². The van der Waals surface area contributed by atoms with Crippen molar-refractivity contribution in [3.8, 4) is 0 Å². The van der Waals surface area contributed by atoms with Gasteiger partial charge in [-0.15, -0.1) is 0 Å². The maximum Gasteiger partial charge on any atom is 0.303 e. The molecule has 0 aliphatic carbocycles. The average Bonchev–Trinajstić information content (AvgIpc) is 2.92. The maximum absolute atomic E-state index is 12.0. The van der Waals surface area contributed by atoms with Crippen LogP contribution in [0.15, 0.2) is 78.9 Å². The summed E-state index contributed by atoms with van der Waals surface area (Å²) in [5.41, 5.74) is 4.50. The smallest absolute Gasteiger partial charge is 0.303 e. The first kappa shape index (κ1) is 27.5. The molecule has 3 N–H and O–H groups in total. The summed E-state index contributed by atoms with van der Waals surface area (Å²) in [7, 11) is 2.08. The number of anilines is 1. The second kappa shape index (κ2) is 13.3. The number of carbonyl (C=O) groups excluding carboxylic acids is 1. The number of benzene rings is 3. The molecular weight excluding hydrogens is 484 g/mol. The minimum atomic E-state index is -1.01. The van der Waals surface area contributed by atoms with E-state index in [1.54, 1.807) is 12.1 Å². The number of ether oxygens (including phenoxy) is 2. The van der Waals surface area contributed by atoms with E-state index in [2.05, 4.69) is 29.4 Å². The van der Waals surface area contributed by atoms with Crippen LogP contribution in [-0.4, -0.2) is 46.7 Å². The number of hydrogen-bond acceptors (Lipinski definition) is 6. The molecule has 200 valence electrons. The van der Waals surface area contributed by atoms with Crippen LogP contribution in [0.5, 0.6) is 0 Å². The summed E-state index contributed by atoms with van der Waals surface area (Å²) in [6.45, 7) is 1.51. The van der Waals surface area contributed by atoms with Gasteiger partial charge in [0.05, 0.1) is 25.2 Å². The molecule has 0 aromatic heterocycles. The molecule has 38 heavy (non-hydrogen) atoms. The van der Waals surface area contributed by atoms with Crippen molar-refractivity contribution in [1.82, 2.24) is 4.90 Å². The molecule has 8 heteroatoms. The van der Waals surface area contributed by atoms with E-state index >= 15 is 0 Å². The van der Waals surface area contributed by atoms with Crippen LogP contribution in [0, 0.1) is 0 Å². The summed E-state index contributed by atoms with van der Waals surface area (Å²) < 4.78 is 12.8. The number of aliphatic hydroxyl groups excluding tert-OH is 1. The fourth-order valence-electron chi connectivity index (χ4n) is 4.51. The van der Waals surface area contributed by atoms with E-state index in [4.69, 9.17) is 14.6 Å². The average molecular weight is 519 g/mol. The molecule has 0 radical (unpaired) electrons. The summed E-state index contributed by atoms with van der Waals surface area (Å²) >= 11 is 0. The maximum atomic E-state index is 12.0. The minimum absolute atomic E-state index is 0.0103. The molecule has 3 atom stereocenters. The Morgan fingerprint density at radius 3 is 2.24 bits per heavy atom. The van der Waals surface area contributed by atoms with Gasteiger partial charge in [-0.1, -0.05) is 66.7 Å². The molecule has 4 rings (SSSR count). The minimum Gasteiger partial charge on any atom is -0.481 e. The van der Waals surface area contributed by atoms with Crippen molar-refractivity contribution in [2.75, 3.05) is 18.9 Å². The lowest BCUT2D eigenvalue weighted by molar-refractivity contribution is -0.252. The monoisotopic (exact) mass is 518 g/mol. The number of aliphatic hydroxyl groups is 1. The Bertz CT molecular complexity index is 1180. The topological polar surface area (TPSA) is 108 Å². The molecule has 8 nitrogen and oxygen atoms in total. The molecule has 1 fully saturated rings. The molecule has 1 amide bonds. The van der Waals surface area contributed by atoms with E-state index < -0.39 is 12.3 Å². The first-order valence-electron chi connectivity index (χ1n) is 12.7. The van der Waals surface area contributed by atoms with Crippen LogP contribution in [0.3, 0.4) is 0 Å². The van der Waals surface area contributed by atoms with Gasteiger partial charge in [-0.2, -0.15) is 0 Å². The first-order valence-corrected chi connectivity index (χ1v) is 12.7. The van der Waals surface area contributed by atoms with Gasteiger partial charge in [-0.3, -0.25) is 14.5 Å². The lowest BCUT2D eigenvalue weighted by Gasteiger charge is -2.38. The van der Waals surface area contributed by atoms with Gasteiger partial charge in [0.25, 0.3) is 0 Å². The van der Waals surface area contributed by atoms with Crippen molar-refractivity contribution in [1.29, 1.82) is 0 Å². The van der Waals surface area contributed by atoms with Crippen molar-refractivity contribution in [2.24, 2.45) is 0 Å². The van der Waals surface area contributed by atoms with Crippen molar-refractivity contribution in [3.63, 3.8) is 0 Å². The highest BCUT2D eigenvalue weighted by atomic mass is 16.7. The predicted octanol–water partition coefficient (Wildman–Crippen LogP) is 4.66. The Balaban J connectivity index is 1.46. The van der Waals surface area contributed by atoms with Gasteiger partial charge in [-0.25, -0.2) is 0 Å². The third kappa shape index (κ3) is 7.97. The summed E-state index contributed by atoms with van der Waals surface area (Å²) in [6.07, 6.45) is -0.480. The summed E-state index contributed by atoms with van der Waals surface area (Å²) in [4.78, 5) is 24.9. The normalized spacial score (nSPS) is 19.3. The van der Waals surface area contributed by atoms with E-state index in [1.807, 2.05) is 54.6 Å². The third-order valence-electron chi connectivity index (χ3n) is 6.46. The van der Waals surface area contributed by atoms with Gasteiger partial charge in [-0.05, 0) is 35.9 Å². The SMILES string of the molecule is CN(Cc1ccccc1)C[C@H]1C[C@@H](c2ccc(CO)cc2)O[C@@H](c2ccc(NC(=O)CCC(=O)O)cc2)O1. The molecular formula is C30H34N2O6. The Labute approximate surface area is 222 Å². The summed E-state index contributed by atoms with van der Waals surface area (Å²) in [6, 6.07) is 25.3. The molecule has 1 aliphatic rings. The fourth-order valence-corrected chi connectivity index (χ4v) is 4.51. The number of carbonyl (C=O) groups is 2. The number of nitrogens with zero attached hydrogens (tertiary/aromatic N) is 1. The van der Waals surface area contributed by atoms with E-state index in [0.29, 0.717) is 12.1 Å². The molecule has 0 unspecified atom stereocenters. The number of carboxylic acid groups (broad SMARTS) is 1. The standard InChI is InChI=1S/C30H34N2O6/c1-32(18-21-5-3-2-4-6-21)19-26-17-27(23-9-7-22(20-33)8-10-23)38-30(37-26)24-11-13-25(14-12-24)31-28(34)15-16-29(35)36/h2-14,26-27,30,33H,15-20H2,1H3,(H,31,34)(H,35,36)/t26-,27+,30+/m1/s1. The lowest BCUT2D eigenvalue weighted by Crippen LogP contribution is -2.37. The number of hydrogen-bond donors (Lipinski definition) is 3. The molecule has 3 aromatic carbocycles. The second-order valence-electron chi connectivity index (χ2n) is 9.60. The zero-order valence-corrected chi connectivity index (χ0v) is 21.5. The molecule has 1 aliphatic heterocycles. The number of rotatable bonds is 11. The fraction of sp³-hybridized carbons (Fsp3) is 0.333. The third-order valence-corrected chi connectivity index (χ3v) is 6.46. The van der Waals surface area contributed by atoms with Gasteiger partial charge in [0.2, 0.25) is 5.91 Å². The van der Waals surface area contributed by atoms with Crippen LogP contribution >= 0.6 is 0 Å². The van der Waals surface area contributed by atoms with E-state index in [0.717, 1.165) is 29.8 Å². The number of amides is 1. The number of carboxylic acids is 1. The van der Waals surface area contributed by atoms with Gasteiger partial charge in [0.1, 0.15) is 0 Å². The van der Waals surface area contributed by atoms with Gasteiger partial charge in [0.15, 0.2) is 6.29 Å². The summed E-state index contributed by atoms with van der Waals surface area (Å²) in [5, 5.41) is 20.9. The van der Waals surface area contributed by atoms with Crippen LogP contribution in [0.25, 0.3) is 0 Å². The molecule has 3 aromatic rings. The first-order chi connectivity index (χ1) is 18.4. The van der Waals surface area contributed by atoms with E-state index in [-0.39, 0.29) is 37.6 Å². The van der Waals surface area contributed by atoms with Crippen molar-refractivity contribution < 1.29 is 29.3 Å². The number of aliphatic carboxylic acids is 1. The Kier molecular flexibility index (Phi) is 9.62. The van der Waals surface area contributed by atoms with Crippen LogP contribution in [0.2, 0.25) is 0 Å². The molecule has 0 spiro atoms. The molecule has 1 saturated heterocycles. The van der Waals surface area contributed by atoms with Crippen molar-refractivity contribution in [2.45, 2.75) is 50.9 Å². The van der Waals surface area contributed by atoms with Crippen LogP contribution in [-0.2, 0) is 32.2 Å². The highest BCUT2D eigenvalue weighted by Gasteiger charge is 2.32. The number of likely N-dealkylation sites (N-methyl/N-ethyl adjacent to an activating group) is 1. The van der Waals surface area contributed by atoms with Gasteiger partial charge in [0, 0.05) is 37.2 Å². The van der Waals surface area contributed by atoms with E-state index in [9.17, 15) is 14.7 Å². The Hall–Kier alpha value is -3.56. The van der Waals surface area contributed by atoms with Crippen LogP contribution < -0.4 is 5.32 Å². The molecule has 1 heterocycles. The molecule has 0 saturated carbocycles.